The van der Waals surface area contributed by atoms with Gasteiger partial charge in [0.1, 0.15) is 0 Å². The normalized spacial score (nSPS) is 9.85. The van der Waals surface area contributed by atoms with Crippen molar-refractivity contribution in [2.24, 2.45) is 5.41 Å². The van der Waals surface area contributed by atoms with Crippen LogP contribution in [0.15, 0.2) is 0 Å². The van der Waals surface area contributed by atoms with Crippen LogP contribution in [0.5, 0.6) is 0 Å². The van der Waals surface area contributed by atoms with Crippen LogP contribution >= 0.6 is 0 Å². The highest BCUT2D eigenvalue weighted by atomic mass is 16.4. The van der Waals surface area contributed by atoms with Crippen LogP contribution in [0.1, 0.15) is 40.5 Å². The maximum atomic E-state index is 10.3. The Balaban J connectivity index is 0. The Bertz CT molecular complexity index is 172. The zero-order chi connectivity index (χ0) is 11.1. The summed E-state index contributed by atoms with van der Waals surface area (Å²) < 4.78 is 0. The molecule has 0 aromatic heterocycles. The number of carboxylic acid groups (broad SMARTS) is 2. The molecule has 0 aromatic rings. The molecule has 2 N–H and O–H groups in total. The monoisotopic (exact) mass is 190 g/mol. The van der Waals surface area contributed by atoms with Gasteiger partial charge in [0.25, 0.3) is 0 Å². The second-order valence-corrected chi connectivity index (χ2v) is 3.29. The third-order valence-corrected chi connectivity index (χ3v) is 1.77. The van der Waals surface area contributed by atoms with Gasteiger partial charge in [-0.15, -0.1) is 0 Å². The molecule has 0 radical (unpaired) electrons. The van der Waals surface area contributed by atoms with Gasteiger partial charge in [-0.1, -0.05) is 13.8 Å². The van der Waals surface area contributed by atoms with Crippen LogP contribution < -0.4 is 0 Å². The Morgan fingerprint density at radius 2 is 1.46 bits per heavy atom. The van der Waals surface area contributed by atoms with Crippen LogP contribution in [0.25, 0.3) is 0 Å². The molecule has 13 heavy (non-hydrogen) atoms. The number of hydrogen-bond donors (Lipinski definition) is 2. The van der Waals surface area contributed by atoms with E-state index in [0.29, 0.717) is 6.42 Å². The van der Waals surface area contributed by atoms with Gasteiger partial charge in [0.05, 0.1) is 5.41 Å². The number of rotatable bonds is 3. The number of carbonyl (C=O) groups is 2. The molecule has 0 aliphatic rings. The second kappa shape index (κ2) is 6.46. The molecule has 0 unspecified atom stereocenters. The van der Waals surface area contributed by atoms with Crippen molar-refractivity contribution in [3.8, 4) is 0 Å². The zero-order valence-corrected chi connectivity index (χ0v) is 8.63. The Hall–Kier alpha value is -1.06. The van der Waals surface area contributed by atoms with Gasteiger partial charge in [-0.2, -0.15) is 0 Å². The third kappa shape index (κ3) is 8.85. The molecule has 4 heteroatoms. The molecule has 78 valence electrons. The summed E-state index contributed by atoms with van der Waals surface area (Å²) in [7, 11) is 0. The summed E-state index contributed by atoms with van der Waals surface area (Å²) in [5, 5.41) is 16.2. The minimum Gasteiger partial charge on any atom is -0.481 e. The predicted octanol–water partition coefficient (Wildman–Crippen LogP) is 1.99. The molecule has 0 aromatic carbocycles. The highest BCUT2D eigenvalue weighted by molar-refractivity contribution is 5.73. The number of hydrogen-bond acceptors (Lipinski definition) is 2. The fourth-order valence-electron chi connectivity index (χ4n) is 0.151. The van der Waals surface area contributed by atoms with E-state index in [-0.39, 0.29) is 6.42 Å². The van der Waals surface area contributed by atoms with E-state index in [2.05, 4.69) is 0 Å². The summed E-state index contributed by atoms with van der Waals surface area (Å²) in [4.78, 5) is 19.6. The first-order valence-electron chi connectivity index (χ1n) is 4.23. The molecule has 0 amide bonds. The maximum Gasteiger partial charge on any atom is 0.309 e. The van der Waals surface area contributed by atoms with Crippen LogP contribution in [-0.2, 0) is 9.59 Å². The van der Waals surface area contributed by atoms with Crippen molar-refractivity contribution in [2.75, 3.05) is 0 Å². The number of aliphatic carboxylic acids is 2. The lowest BCUT2D eigenvalue weighted by atomic mass is 9.91. The van der Waals surface area contributed by atoms with Crippen molar-refractivity contribution in [1.82, 2.24) is 0 Å². The van der Waals surface area contributed by atoms with Crippen molar-refractivity contribution in [1.29, 1.82) is 0 Å². The summed E-state index contributed by atoms with van der Waals surface area (Å²) in [6.45, 7) is 6.90. The molecule has 0 atom stereocenters. The van der Waals surface area contributed by atoms with Crippen LogP contribution in [0.2, 0.25) is 0 Å². The second-order valence-electron chi connectivity index (χ2n) is 3.29. The smallest absolute Gasteiger partial charge is 0.309 e. The molecule has 0 saturated carbocycles. The van der Waals surface area contributed by atoms with E-state index >= 15 is 0 Å². The summed E-state index contributed by atoms with van der Waals surface area (Å²) in [6.07, 6.45) is 0.905. The maximum absolute atomic E-state index is 10.3. The lowest BCUT2D eigenvalue weighted by Gasteiger charge is -2.14. The molecule has 0 aliphatic heterocycles. The lowest BCUT2D eigenvalue weighted by Crippen LogP contribution is -2.21. The summed E-state index contributed by atoms with van der Waals surface area (Å²) in [6, 6.07) is 0. The topological polar surface area (TPSA) is 74.6 Å². The van der Waals surface area contributed by atoms with E-state index in [9.17, 15) is 9.59 Å². The Labute approximate surface area is 78.6 Å². The average molecular weight is 190 g/mol. The van der Waals surface area contributed by atoms with Crippen molar-refractivity contribution in [2.45, 2.75) is 40.5 Å². The third-order valence-electron chi connectivity index (χ3n) is 1.77. The minimum atomic E-state index is -0.745. The largest absolute Gasteiger partial charge is 0.481 e. The minimum absolute atomic E-state index is 0.222. The molecule has 0 spiro atoms. The number of carboxylic acids is 2. The van der Waals surface area contributed by atoms with E-state index in [1.165, 1.54) is 0 Å². The van der Waals surface area contributed by atoms with Crippen molar-refractivity contribution in [3.05, 3.63) is 0 Å². The zero-order valence-electron chi connectivity index (χ0n) is 8.63. The standard InChI is InChI=1S/C6H12O2.C3H6O2/c1-4-6(2,3)5(7)8;1-2-3(4)5/h4H2,1-3H3,(H,7,8);2H2,1H3,(H,4,5). The summed E-state index contributed by atoms with van der Waals surface area (Å²) in [5.41, 5.74) is -0.542. The highest BCUT2D eigenvalue weighted by Crippen LogP contribution is 2.18. The van der Waals surface area contributed by atoms with Gasteiger partial charge in [-0.05, 0) is 20.3 Å². The molecule has 0 rings (SSSR count). The molecule has 0 aliphatic carbocycles. The van der Waals surface area contributed by atoms with Crippen LogP contribution in [0, 0.1) is 5.41 Å². The van der Waals surface area contributed by atoms with E-state index in [1.807, 2.05) is 6.92 Å². The lowest BCUT2D eigenvalue weighted by molar-refractivity contribution is -0.147. The fourth-order valence-corrected chi connectivity index (χ4v) is 0.151. The molecule has 0 bridgehead atoms. The van der Waals surface area contributed by atoms with Crippen molar-refractivity contribution in [3.63, 3.8) is 0 Å². The van der Waals surface area contributed by atoms with E-state index < -0.39 is 17.4 Å². The summed E-state index contributed by atoms with van der Waals surface area (Å²) >= 11 is 0. The van der Waals surface area contributed by atoms with Crippen LogP contribution in [0.3, 0.4) is 0 Å². The van der Waals surface area contributed by atoms with Gasteiger partial charge in [0.2, 0.25) is 0 Å². The molecule has 0 fully saturated rings. The molecule has 4 nitrogen and oxygen atoms in total. The van der Waals surface area contributed by atoms with Gasteiger partial charge in [-0.3, -0.25) is 9.59 Å². The van der Waals surface area contributed by atoms with E-state index in [1.54, 1.807) is 20.8 Å². The Morgan fingerprint density at radius 1 is 1.15 bits per heavy atom. The first kappa shape index (κ1) is 14.5. The quantitative estimate of drug-likeness (QED) is 0.713. The van der Waals surface area contributed by atoms with Crippen LogP contribution in [0.4, 0.5) is 0 Å². The van der Waals surface area contributed by atoms with Crippen LogP contribution in [-0.4, -0.2) is 22.2 Å². The molecular formula is C9H18O4. The van der Waals surface area contributed by atoms with Gasteiger partial charge in [0, 0.05) is 6.42 Å². The molecule has 0 saturated heterocycles. The average Bonchev–Trinajstić information content (AvgIpc) is 2.05. The van der Waals surface area contributed by atoms with Gasteiger partial charge in [-0.25, -0.2) is 0 Å². The first-order valence-corrected chi connectivity index (χ1v) is 4.23. The van der Waals surface area contributed by atoms with Gasteiger partial charge >= 0.3 is 11.9 Å². The van der Waals surface area contributed by atoms with Crippen molar-refractivity contribution < 1.29 is 19.8 Å². The highest BCUT2D eigenvalue weighted by Gasteiger charge is 2.23. The van der Waals surface area contributed by atoms with Crippen molar-refractivity contribution >= 4 is 11.9 Å². The van der Waals surface area contributed by atoms with Gasteiger partial charge < -0.3 is 10.2 Å². The Morgan fingerprint density at radius 3 is 1.46 bits per heavy atom. The van der Waals surface area contributed by atoms with Gasteiger partial charge in [0.15, 0.2) is 0 Å². The Kier molecular flexibility index (Phi) is 7.18. The molecular weight excluding hydrogens is 172 g/mol. The summed E-state index contributed by atoms with van der Waals surface area (Å²) in [5.74, 6) is -1.47. The fraction of sp³-hybridized carbons (Fsp3) is 0.778. The SMILES string of the molecule is CCC(=O)O.CCC(C)(C)C(=O)O. The predicted molar refractivity (Wildman–Crippen MR) is 49.6 cm³/mol. The first-order chi connectivity index (χ1) is 5.77. The van der Waals surface area contributed by atoms with E-state index in [4.69, 9.17) is 10.2 Å². The molecule has 0 heterocycles. The van der Waals surface area contributed by atoms with E-state index in [0.717, 1.165) is 0 Å².